The van der Waals surface area contributed by atoms with Crippen molar-refractivity contribution in [2.75, 3.05) is 0 Å². The van der Waals surface area contributed by atoms with E-state index < -0.39 is 0 Å². The van der Waals surface area contributed by atoms with Gasteiger partial charge in [-0.05, 0) is 36.6 Å². The molecule has 0 saturated heterocycles. The van der Waals surface area contributed by atoms with Gasteiger partial charge in [-0.1, -0.05) is 50.1 Å². The van der Waals surface area contributed by atoms with Crippen molar-refractivity contribution in [1.29, 1.82) is 0 Å². The van der Waals surface area contributed by atoms with E-state index in [9.17, 15) is 0 Å². The largest absolute Gasteiger partial charge is 0.574 e. The standard InChI is InChI=1S/C14H18N3.C13H8N5.Ir/c1-2-3-4-5-6-12-7-8-13(15-11-12)14-9-10-16-17-14;1-2-6-10(7-3-1)12-15-17-13(18-16-12)11-8-4-5-9-14-11;/h7-11H,2-6H2,1H3;1-6,8-9H;/q2*-1;. The zero-order chi connectivity index (χ0) is 24.1. The molecule has 4 heterocycles. The normalized spacial score (nSPS) is 10.1. The maximum absolute atomic E-state index is 4.42. The first-order chi connectivity index (χ1) is 17.3. The van der Waals surface area contributed by atoms with Crippen LogP contribution in [0.15, 0.2) is 79.3 Å². The van der Waals surface area contributed by atoms with Gasteiger partial charge in [0.05, 0.1) is 0 Å². The second kappa shape index (κ2) is 14.7. The van der Waals surface area contributed by atoms with Crippen LogP contribution in [0.5, 0.6) is 0 Å². The topological polar surface area (TPSA) is 104 Å². The number of hydrogen-bond donors (Lipinski definition) is 0. The fourth-order valence-corrected chi connectivity index (χ4v) is 3.32. The fraction of sp³-hybridized carbons (Fsp3) is 0.222. The van der Waals surface area contributed by atoms with E-state index in [4.69, 9.17) is 0 Å². The molecule has 1 radical (unpaired) electrons. The Kier molecular flexibility index (Phi) is 11.0. The summed E-state index contributed by atoms with van der Waals surface area (Å²) >= 11 is 0. The minimum atomic E-state index is 0. The van der Waals surface area contributed by atoms with Crippen molar-refractivity contribution in [2.24, 2.45) is 0 Å². The molecule has 0 aliphatic heterocycles. The van der Waals surface area contributed by atoms with Crippen LogP contribution < -0.4 is 5.10 Å². The molecule has 0 N–H and O–H groups in total. The van der Waals surface area contributed by atoms with E-state index in [0.717, 1.165) is 23.4 Å². The predicted octanol–water partition coefficient (Wildman–Crippen LogP) is 5.02. The van der Waals surface area contributed by atoms with Gasteiger partial charge in [0.15, 0.2) is 0 Å². The molecule has 1 aromatic carbocycles. The van der Waals surface area contributed by atoms with Crippen molar-refractivity contribution in [3.8, 4) is 34.3 Å². The molecule has 0 aliphatic carbocycles. The Morgan fingerprint density at radius 1 is 0.750 bits per heavy atom. The third-order valence-electron chi connectivity index (χ3n) is 5.19. The van der Waals surface area contributed by atoms with E-state index in [1.54, 1.807) is 18.5 Å². The van der Waals surface area contributed by atoms with E-state index in [0.29, 0.717) is 17.3 Å². The Morgan fingerprint density at radius 2 is 1.58 bits per heavy atom. The van der Waals surface area contributed by atoms with Gasteiger partial charge >= 0.3 is 0 Å². The third kappa shape index (κ3) is 7.93. The minimum absolute atomic E-state index is 0. The smallest absolute Gasteiger partial charge is 0.220 e. The number of aromatic nitrogens is 8. The summed E-state index contributed by atoms with van der Waals surface area (Å²) in [5.74, 6) is 0.866. The van der Waals surface area contributed by atoms with Crippen molar-refractivity contribution < 1.29 is 20.1 Å². The average molecular weight is 655 g/mol. The van der Waals surface area contributed by atoms with E-state index in [1.165, 1.54) is 31.2 Å². The van der Waals surface area contributed by atoms with Crippen molar-refractivity contribution in [3.05, 3.63) is 90.9 Å². The third-order valence-corrected chi connectivity index (χ3v) is 5.19. The Bertz CT molecular complexity index is 1190. The summed E-state index contributed by atoms with van der Waals surface area (Å²) in [4.78, 5) is 8.56. The van der Waals surface area contributed by atoms with E-state index in [1.807, 2.05) is 54.7 Å². The van der Waals surface area contributed by atoms with Gasteiger partial charge in [-0.25, -0.2) is 0 Å². The predicted molar refractivity (Wildman–Crippen MR) is 134 cm³/mol. The summed E-state index contributed by atoms with van der Waals surface area (Å²) in [6.45, 7) is 2.23. The molecule has 8 nitrogen and oxygen atoms in total. The molecule has 0 amide bonds. The Balaban J connectivity index is 0.000000196. The van der Waals surface area contributed by atoms with E-state index in [-0.39, 0.29) is 20.1 Å². The Morgan fingerprint density at radius 3 is 2.22 bits per heavy atom. The van der Waals surface area contributed by atoms with Crippen LogP contribution in [0.2, 0.25) is 0 Å². The molecular formula is C27H26IrN8-2. The fourth-order valence-electron chi connectivity index (χ4n) is 3.32. The van der Waals surface area contributed by atoms with E-state index >= 15 is 0 Å². The second-order valence-electron chi connectivity index (χ2n) is 7.82. The number of aryl methyl sites for hydroxylation is 1. The first kappa shape index (κ1) is 26.9. The molecule has 5 aromatic rings. The maximum atomic E-state index is 4.42. The summed E-state index contributed by atoms with van der Waals surface area (Å²) in [5.41, 5.74) is 4.48. The molecule has 0 bridgehead atoms. The van der Waals surface area contributed by atoms with Crippen LogP contribution in [0.1, 0.15) is 38.2 Å². The van der Waals surface area contributed by atoms with Gasteiger partial charge in [0, 0.05) is 44.4 Å². The number of rotatable bonds is 8. The quantitative estimate of drug-likeness (QED) is 0.170. The zero-order valence-electron chi connectivity index (χ0n) is 20.0. The maximum Gasteiger partial charge on any atom is 0.220 e. The molecule has 9 heteroatoms. The first-order valence-corrected chi connectivity index (χ1v) is 11.7. The Hall–Kier alpha value is -3.68. The van der Waals surface area contributed by atoms with Crippen molar-refractivity contribution in [2.45, 2.75) is 39.0 Å². The zero-order valence-corrected chi connectivity index (χ0v) is 22.3. The van der Waals surface area contributed by atoms with Gasteiger partial charge in [0.25, 0.3) is 0 Å². The summed E-state index contributed by atoms with van der Waals surface area (Å²) in [5, 5.41) is 23.9. The van der Waals surface area contributed by atoms with Gasteiger partial charge in [-0.15, -0.1) is 46.1 Å². The van der Waals surface area contributed by atoms with Gasteiger partial charge in [0.2, 0.25) is 5.82 Å². The molecule has 5 rings (SSSR count). The van der Waals surface area contributed by atoms with Gasteiger partial charge < -0.3 is 10.2 Å². The van der Waals surface area contributed by atoms with Gasteiger partial charge in [-0.3, -0.25) is 9.97 Å². The molecule has 0 fully saturated rings. The van der Waals surface area contributed by atoms with Crippen LogP contribution in [0.4, 0.5) is 0 Å². The number of hydrogen-bond acceptors (Lipinski definition) is 7. The van der Waals surface area contributed by atoms with Crippen LogP contribution in [0.3, 0.4) is 0 Å². The van der Waals surface area contributed by atoms with Crippen molar-refractivity contribution >= 4 is 0 Å². The van der Waals surface area contributed by atoms with E-state index in [2.05, 4.69) is 59.6 Å². The molecule has 0 aliphatic rings. The molecule has 4 aromatic heterocycles. The SMILES string of the molecule is CCCCCCc1ccc(-c2ccn[n-]2)nc1.[Ir].[c-]1ccccc1-c1nnc(-c2ccccn2)nn1. The molecule has 36 heavy (non-hydrogen) atoms. The number of pyridine rings is 2. The number of benzene rings is 1. The second-order valence-corrected chi connectivity index (χ2v) is 7.82. The van der Waals surface area contributed by atoms with Crippen molar-refractivity contribution in [1.82, 2.24) is 40.6 Å². The minimum Gasteiger partial charge on any atom is -0.574 e. The molecule has 0 atom stereocenters. The molecule has 0 unspecified atom stereocenters. The first-order valence-electron chi connectivity index (χ1n) is 11.7. The van der Waals surface area contributed by atoms with Crippen LogP contribution in [0.25, 0.3) is 34.3 Å². The van der Waals surface area contributed by atoms with Gasteiger partial charge in [0.1, 0.15) is 11.5 Å². The van der Waals surface area contributed by atoms with Crippen molar-refractivity contribution in [3.63, 3.8) is 0 Å². The molecular weight excluding hydrogens is 629 g/mol. The monoisotopic (exact) mass is 655 g/mol. The van der Waals surface area contributed by atoms with Crippen LogP contribution in [-0.4, -0.2) is 35.5 Å². The molecule has 0 saturated carbocycles. The summed E-state index contributed by atoms with van der Waals surface area (Å²) in [6, 6.07) is 22.0. The number of nitrogens with zero attached hydrogens (tertiary/aromatic N) is 8. The van der Waals surface area contributed by atoms with Crippen LogP contribution in [0, 0.1) is 6.07 Å². The summed E-state index contributed by atoms with van der Waals surface area (Å²) < 4.78 is 0. The number of unbranched alkanes of at least 4 members (excludes halogenated alkanes) is 3. The van der Waals surface area contributed by atoms with Gasteiger partial charge in [-0.2, -0.15) is 10.2 Å². The van der Waals surface area contributed by atoms with Crippen LogP contribution in [-0.2, 0) is 26.5 Å². The molecule has 0 spiro atoms. The molecule has 185 valence electrons. The summed E-state index contributed by atoms with van der Waals surface area (Å²) in [7, 11) is 0. The average Bonchev–Trinajstić information content (AvgIpc) is 3.48. The Labute approximate surface area is 224 Å². The summed E-state index contributed by atoms with van der Waals surface area (Å²) in [6.07, 6.45) is 11.6. The van der Waals surface area contributed by atoms with Crippen LogP contribution >= 0.6 is 0 Å².